The lowest BCUT2D eigenvalue weighted by Crippen LogP contribution is -2.40. The summed E-state index contributed by atoms with van der Waals surface area (Å²) in [6, 6.07) is 12.8. The quantitative estimate of drug-likeness (QED) is 0.341. The Morgan fingerprint density at radius 2 is 1.94 bits per heavy atom. The maximum absolute atomic E-state index is 5.29. The molecule has 2 saturated heterocycles. The van der Waals surface area contributed by atoms with Crippen molar-refractivity contribution in [1.29, 1.82) is 0 Å². The summed E-state index contributed by atoms with van der Waals surface area (Å²) in [6.07, 6.45) is 5.59. The Kier molecular flexibility index (Phi) is 8.80. The molecule has 168 valence electrons. The van der Waals surface area contributed by atoms with E-state index in [9.17, 15) is 0 Å². The molecule has 0 aliphatic carbocycles. The summed E-state index contributed by atoms with van der Waals surface area (Å²) in [4.78, 5) is 14.3. The van der Waals surface area contributed by atoms with Gasteiger partial charge in [-0.15, -0.1) is 24.0 Å². The highest BCUT2D eigenvalue weighted by Gasteiger charge is 2.26. The molecule has 1 aromatic carbocycles. The number of guanidine groups is 1. The zero-order valence-electron chi connectivity index (χ0n) is 18.6. The number of nitrogens with one attached hydrogen (secondary N) is 1. The van der Waals surface area contributed by atoms with E-state index in [0.717, 1.165) is 56.7 Å². The van der Waals surface area contributed by atoms with Gasteiger partial charge in [-0.25, -0.2) is 9.98 Å². The Morgan fingerprint density at radius 1 is 1.16 bits per heavy atom. The number of halogens is 1. The minimum absolute atomic E-state index is 0. The fourth-order valence-corrected chi connectivity index (χ4v) is 4.37. The molecule has 0 radical (unpaired) electrons. The number of rotatable bonds is 6. The first-order chi connectivity index (χ1) is 14.8. The Hall–Kier alpha value is -2.03. The zero-order chi connectivity index (χ0) is 20.8. The molecule has 4 rings (SSSR count). The van der Waals surface area contributed by atoms with Crippen molar-refractivity contribution in [2.24, 2.45) is 4.99 Å². The van der Waals surface area contributed by atoms with Crippen LogP contribution in [0.4, 0.5) is 5.82 Å². The van der Waals surface area contributed by atoms with Crippen LogP contribution in [0.25, 0.3) is 0 Å². The molecule has 0 spiro atoms. The molecule has 0 bridgehead atoms. The normalized spacial score (nSPS) is 18.8. The van der Waals surface area contributed by atoms with Gasteiger partial charge in [0, 0.05) is 44.8 Å². The van der Waals surface area contributed by atoms with Crippen LogP contribution < -0.4 is 15.0 Å². The van der Waals surface area contributed by atoms with Gasteiger partial charge in [0.05, 0.1) is 13.7 Å². The van der Waals surface area contributed by atoms with E-state index in [2.05, 4.69) is 63.4 Å². The first-order valence-corrected chi connectivity index (χ1v) is 11.1. The lowest BCUT2D eigenvalue weighted by atomic mass is 9.98. The highest BCUT2D eigenvalue weighted by atomic mass is 127. The fourth-order valence-electron chi connectivity index (χ4n) is 4.37. The summed E-state index contributed by atoms with van der Waals surface area (Å²) in [5, 5.41) is 3.48. The van der Waals surface area contributed by atoms with Gasteiger partial charge in [-0.3, -0.25) is 0 Å². The summed E-state index contributed by atoms with van der Waals surface area (Å²) in [5.41, 5.74) is 2.59. The summed E-state index contributed by atoms with van der Waals surface area (Å²) < 4.78 is 5.29. The van der Waals surface area contributed by atoms with Gasteiger partial charge >= 0.3 is 0 Å². The first-order valence-electron chi connectivity index (χ1n) is 11.1. The second kappa shape index (κ2) is 11.5. The molecule has 7 heteroatoms. The summed E-state index contributed by atoms with van der Waals surface area (Å²) in [7, 11) is 1.71. The predicted molar refractivity (Wildman–Crippen MR) is 138 cm³/mol. The van der Waals surface area contributed by atoms with E-state index < -0.39 is 0 Å². The number of nitrogens with zero attached hydrogens (tertiary/aromatic N) is 4. The lowest BCUT2D eigenvalue weighted by molar-refractivity contribution is 0.414. The number of anilines is 1. The molecular formula is C24H34IN5O. The molecule has 2 aromatic rings. The third-order valence-electron chi connectivity index (χ3n) is 6.06. The molecule has 2 aliphatic rings. The maximum atomic E-state index is 5.29. The van der Waals surface area contributed by atoms with E-state index in [1.54, 1.807) is 7.11 Å². The second-order valence-corrected chi connectivity index (χ2v) is 8.09. The fraction of sp³-hybridized carbons (Fsp3) is 0.500. The number of methoxy groups -OCH3 is 1. The first kappa shape index (κ1) is 23.6. The number of ether oxygens (including phenoxy) is 1. The smallest absolute Gasteiger partial charge is 0.194 e. The number of benzene rings is 1. The topological polar surface area (TPSA) is 53.0 Å². The van der Waals surface area contributed by atoms with Crippen molar-refractivity contribution in [2.45, 2.75) is 38.6 Å². The van der Waals surface area contributed by atoms with Crippen molar-refractivity contribution in [3.63, 3.8) is 0 Å². The van der Waals surface area contributed by atoms with Crippen LogP contribution in [0.1, 0.15) is 43.2 Å². The molecular weight excluding hydrogens is 501 g/mol. The van der Waals surface area contributed by atoms with Crippen LogP contribution in [0.15, 0.2) is 47.6 Å². The van der Waals surface area contributed by atoms with Crippen molar-refractivity contribution in [3.05, 3.63) is 53.7 Å². The van der Waals surface area contributed by atoms with Gasteiger partial charge in [0.25, 0.3) is 0 Å². The minimum atomic E-state index is 0. The van der Waals surface area contributed by atoms with Crippen molar-refractivity contribution in [3.8, 4) is 5.75 Å². The summed E-state index contributed by atoms with van der Waals surface area (Å²) in [5.74, 6) is 3.54. The van der Waals surface area contributed by atoms with Gasteiger partial charge in [0.15, 0.2) is 5.96 Å². The van der Waals surface area contributed by atoms with E-state index >= 15 is 0 Å². The van der Waals surface area contributed by atoms with E-state index in [1.807, 2.05) is 6.20 Å². The van der Waals surface area contributed by atoms with Crippen LogP contribution in [0, 0.1) is 0 Å². The van der Waals surface area contributed by atoms with E-state index in [1.165, 1.54) is 24.0 Å². The van der Waals surface area contributed by atoms with Gasteiger partial charge in [0.2, 0.25) is 0 Å². The molecule has 31 heavy (non-hydrogen) atoms. The SMILES string of the molecule is CCNC(=NCc1ccnc(N2CCCC2)c1)N1CCC(c2ccc(OC)cc2)C1.I. The largest absolute Gasteiger partial charge is 0.497 e. The Morgan fingerprint density at radius 3 is 2.65 bits per heavy atom. The van der Waals surface area contributed by atoms with Crippen molar-refractivity contribution >= 4 is 35.8 Å². The van der Waals surface area contributed by atoms with Crippen molar-refractivity contribution in [2.75, 3.05) is 44.7 Å². The van der Waals surface area contributed by atoms with Crippen LogP contribution in [0.5, 0.6) is 5.75 Å². The molecule has 2 aliphatic heterocycles. The van der Waals surface area contributed by atoms with Crippen molar-refractivity contribution in [1.82, 2.24) is 15.2 Å². The molecule has 1 aromatic heterocycles. The number of hydrogen-bond donors (Lipinski definition) is 1. The van der Waals surface area contributed by atoms with Crippen LogP contribution in [0.3, 0.4) is 0 Å². The van der Waals surface area contributed by atoms with Gasteiger partial charge in [-0.05, 0) is 61.6 Å². The predicted octanol–water partition coefficient (Wildman–Crippen LogP) is 4.26. The molecule has 0 amide bonds. The van der Waals surface area contributed by atoms with Gasteiger partial charge in [-0.1, -0.05) is 12.1 Å². The van der Waals surface area contributed by atoms with Crippen LogP contribution >= 0.6 is 24.0 Å². The van der Waals surface area contributed by atoms with E-state index in [4.69, 9.17) is 9.73 Å². The molecule has 0 saturated carbocycles. The van der Waals surface area contributed by atoms with Crippen LogP contribution in [0.2, 0.25) is 0 Å². The minimum Gasteiger partial charge on any atom is -0.497 e. The summed E-state index contributed by atoms with van der Waals surface area (Å²) in [6.45, 7) is 7.93. The highest BCUT2D eigenvalue weighted by molar-refractivity contribution is 14.0. The second-order valence-electron chi connectivity index (χ2n) is 8.09. The van der Waals surface area contributed by atoms with Gasteiger partial charge in [-0.2, -0.15) is 0 Å². The Balaban J connectivity index is 0.00000272. The van der Waals surface area contributed by atoms with E-state index in [-0.39, 0.29) is 24.0 Å². The Bertz CT molecular complexity index is 851. The molecule has 6 nitrogen and oxygen atoms in total. The van der Waals surface area contributed by atoms with Crippen LogP contribution in [-0.2, 0) is 6.54 Å². The zero-order valence-corrected chi connectivity index (χ0v) is 20.9. The average molecular weight is 535 g/mol. The number of hydrogen-bond acceptors (Lipinski definition) is 4. The number of aliphatic imine (C=N–C) groups is 1. The maximum Gasteiger partial charge on any atom is 0.194 e. The number of likely N-dealkylation sites (tertiary alicyclic amines) is 1. The third-order valence-corrected chi connectivity index (χ3v) is 6.06. The van der Waals surface area contributed by atoms with Crippen molar-refractivity contribution < 1.29 is 4.74 Å². The molecule has 2 fully saturated rings. The van der Waals surface area contributed by atoms with E-state index in [0.29, 0.717) is 12.5 Å². The Labute approximate surface area is 203 Å². The summed E-state index contributed by atoms with van der Waals surface area (Å²) >= 11 is 0. The van der Waals surface area contributed by atoms with Crippen LogP contribution in [-0.4, -0.2) is 55.7 Å². The molecule has 3 heterocycles. The molecule has 1 atom stereocenters. The number of aromatic nitrogens is 1. The standard InChI is InChI=1S/C24H33N5O.HI/c1-3-25-24(27-17-19-10-12-26-23(16-19)28-13-4-5-14-28)29-15-11-21(18-29)20-6-8-22(30-2)9-7-20;/h6-10,12,16,21H,3-5,11,13-15,17-18H2,1-2H3,(H,25,27);1H. The van der Waals surface area contributed by atoms with Gasteiger partial charge < -0.3 is 19.9 Å². The third kappa shape index (κ3) is 6.02. The molecule has 1 N–H and O–H groups in total. The molecule has 1 unspecified atom stereocenters. The monoisotopic (exact) mass is 535 g/mol. The average Bonchev–Trinajstić information content (AvgIpc) is 3.50. The lowest BCUT2D eigenvalue weighted by Gasteiger charge is -2.22. The highest BCUT2D eigenvalue weighted by Crippen LogP contribution is 2.28. The van der Waals surface area contributed by atoms with Gasteiger partial charge in [0.1, 0.15) is 11.6 Å². The number of pyridine rings is 1.